The van der Waals surface area contributed by atoms with Crippen LogP contribution >= 0.6 is 0 Å². The Kier molecular flexibility index (Phi) is 5.11. The second-order valence-electron chi connectivity index (χ2n) is 7.53. The maximum absolute atomic E-state index is 13.1. The van der Waals surface area contributed by atoms with Crippen molar-refractivity contribution in [1.29, 1.82) is 0 Å². The summed E-state index contributed by atoms with van der Waals surface area (Å²) in [6.07, 6.45) is 2.94. The summed E-state index contributed by atoms with van der Waals surface area (Å²) in [5.41, 5.74) is 1.90. The van der Waals surface area contributed by atoms with E-state index in [1.54, 1.807) is 6.92 Å². The van der Waals surface area contributed by atoms with Gasteiger partial charge in [0.2, 0.25) is 5.89 Å². The van der Waals surface area contributed by atoms with Crippen LogP contribution in [0.2, 0.25) is 0 Å². The highest BCUT2D eigenvalue weighted by molar-refractivity contribution is 5.94. The van der Waals surface area contributed by atoms with E-state index in [-0.39, 0.29) is 11.9 Å². The number of aromatic nitrogens is 2. The molecule has 4 rings (SSSR count). The van der Waals surface area contributed by atoms with E-state index in [0.717, 1.165) is 57.5 Å². The molecule has 1 amide bonds. The predicted molar refractivity (Wildman–Crippen MR) is 103 cm³/mol. The third-order valence-corrected chi connectivity index (χ3v) is 5.57. The minimum Gasteiger partial charge on any atom is -0.369 e. The number of anilines is 1. The van der Waals surface area contributed by atoms with E-state index in [1.165, 1.54) is 5.69 Å². The normalized spacial score (nSPS) is 21.5. The molecular formula is C20H27N5O2. The van der Waals surface area contributed by atoms with Gasteiger partial charge in [0.15, 0.2) is 5.82 Å². The molecule has 1 atom stereocenters. The quantitative estimate of drug-likeness (QED) is 0.828. The standard InChI is InChI=1S/C20H27N5O2/c1-15-21-19(27-22-15)18-5-3-4-10-25(18)20(26)16-6-8-17(9-7-16)24-13-11-23(2)12-14-24/h6-9,18H,3-5,10-14H2,1-2H3. The number of amides is 1. The summed E-state index contributed by atoms with van der Waals surface area (Å²) in [7, 11) is 2.15. The van der Waals surface area contributed by atoms with Crippen LogP contribution in [0.1, 0.15) is 47.4 Å². The van der Waals surface area contributed by atoms with Gasteiger partial charge in [-0.15, -0.1) is 0 Å². The lowest BCUT2D eigenvalue weighted by Gasteiger charge is -2.35. The first-order chi connectivity index (χ1) is 13.1. The topological polar surface area (TPSA) is 65.7 Å². The van der Waals surface area contributed by atoms with Crippen LogP contribution in [0.3, 0.4) is 0 Å². The highest BCUT2D eigenvalue weighted by atomic mass is 16.5. The number of carbonyl (C=O) groups excluding carboxylic acids is 1. The van der Waals surface area contributed by atoms with Crippen molar-refractivity contribution in [2.45, 2.75) is 32.2 Å². The van der Waals surface area contributed by atoms with Gasteiger partial charge in [0.25, 0.3) is 5.91 Å². The lowest BCUT2D eigenvalue weighted by Crippen LogP contribution is -2.44. The Labute approximate surface area is 159 Å². The maximum atomic E-state index is 13.1. The zero-order valence-corrected chi connectivity index (χ0v) is 16.1. The van der Waals surface area contributed by atoms with Crippen LogP contribution < -0.4 is 4.90 Å². The SMILES string of the molecule is Cc1noc(C2CCCCN2C(=O)c2ccc(N3CCN(C)CC3)cc2)n1. The Balaban J connectivity index is 1.49. The lowest BCUT2D eigenvalue weighted by molar-refractivity contribution is 0.0561. The van der Waals surface area contributed by atoms with Gasteiger partial charge in [-0.3, -0.25) is 4.79 Å². The molecule has 1 aromatic heterocycles. The monoisotopic (exact) mass is 369 g/mol. The Morgan fingerprint density at radius 2 is 1.81 bits per heavy atom. The minimum atomic E-state index is -0.121. The third kappa shape index (κ3) is 3.83. The summed E-state index contributed by atoms with van der Waals surface area (Å²) < 4.78 is 5.36. The summed E-state index contributed by atoms with van der Waals surface area (Å²) in [6, 6.07) is 7.90. The molecule has 2 aromatic rings. The molecule has 3 heterocycles. The Hall–Kier alpha value is -2.41. The molecule has 0 radical (unpaired) electrons. The number of piperidine rings is 1. The molecule has 27 heavy (non-hydrogen) atoms. The third-order valence-electron chi connectivity index (χ3n) is 5.57. The van der Waals surface area contributed by atoms with Gasteiger partial charge in [0.05, 0.1) is 0 Å². The fourth-order valence-electron chi connectivity index (χ4n) is 3.93. The Bertz CT molecular complexity index is 780. The van der Waals surface area contributed by atoms with Crippen molar-refractivity contribution in [2.75, 3.05) is 44.7 Å². The molecule has 7 nitrogen and oxygen atoms in total. The number of carbonyl (C=O) groups is 1. The Morgan fingerprint density at radius 1 is 1.07 bits per heavy atom. The number of aryl methyl sites for hydroxylation is 1. The summed E-state index contributed by atoms with van der Waals surface area (Å²) in [5, 5.41) is 3.89. The van der Waals surface area contributed by atoms with Gasteiger partial charge in [-0.25, -0.2) is 0 Å². The molecule has 7 heteroatoms. The van der Waals surface area contributed by atoms with E-state index < -0.39 is 0 Å². The molecule has 0 bridgehead atoms. The zero-order valence-electron chi connectivity index (χ0n) is 16.1. The van der Waals surface area contributed by atoms with Gasteiger partial charge in [0.1, 0.15) is 6.04 Å². The van der Waals surface area contributed by atoms with E-state index in [2.05, 4.69) is 39.1 Å². The van der Waals surface area contributed by atoms with E-state index in [1.807, 2.05) is 17.0 Å². The van der Waals surface area contributed by atoms with Gasteiger partial charge in [-0.05, 0) is 57.5 Å². The van der Waals surface area contributed by atoms with Crippen molar-refractivity contribution in [3.05, 3.63) is 41.5 Å². The van der Waals surface area contributed by atoms with Gasteiger partial charge in [-0.2, -0.15) is 4.98 Å². The van der Waals surface area contributed by atoms with Crippen LogP contribution in [0.15, 0.2) is 28.8 Å². The smallest absolute Gasteiger partial charge is 0.254 e. The number of likely N-dealkylation sites (tertiary alicyclic amines) is 1. The van der Waals surface area contributed by atoms with Crippen molar-refractivity contribution in [1.82, 2.24) is 19.9 Å². The zero-order chi connectivity index (χ0) is 18.8. The van der Waals surface area contributed by atoms with Crippen molar-refractivity contribution in [3.8, 4) is 0 Å². The van der Waals surface area contributed by atoms with Crippen molar-refractivity contribution < 1.29 is 9.32 Å². The number of benzene rings is 1. The molecule has 1 unspecified atom stereocenters. The van der Waals surface area contributed by atoms with Gasteiger partial charge < -0.3 is 19.2 Å². The van der Waals surface area contributed by atoms with Gasteiger partial charge in [-0.1, -0.05) is 5.16 Å². The number of hydrogen-bond acceptors (Lipinski definition) is 6. The van der Waals surface area contributed by atoms with Crippen LogP contribution in [0, 0.1) is 6.92 Å². The molecule has 0 spiro atoms. The number of rotatable bonds is 3. The van der Waals surface area contributed by atoms with Crippen LogP contribution in [0.5, 0.6) is 0 Å². The highest BCUT2D eigenvalue weighted by Crippen LogP contribution is 2.31. The van der Waals surface area contributed by atoms with Crippen molar-refractivity contribution >= 4 is 11.6 Å². The Morgan fingerprint density at radius 3 is 2.48 bits per heavy atom. The van der Waals surface area contributed by atoms with Crippen LogP contribution in [-0.2, 0) is 0 Å². The number of nitrogens with zero attached hydrogens (tertiary/aromatic N) is 5. The molecule has 0 aliphatic carbocycles. The van der Waals surface area contributed by atoms with E-state index in [0.29, 0.717) is 11.7 Å². The summed E-state index contributed by atoms with van der Waals surface area (Å²) in [4.78, 5) is 24.1. The summed E-state index contributed by atoms with van der Waals surface area (Å²) in [6.45, 7) is 6.71. The molecule has 144 valence electrons. The van der Waals surface area contributed by atoms with Crippen LogP contribution in [0.25, 0.3) is 0 Å². The highest BCUT2D eigenvalue weighted by Gasteiger charge is 2.32. The molecule has 2 aliphatic heterocycles. The van der Waals surface area contributed by atoms with E-state index in [4.69, 9.17) is 4.52 Å². The van der Waals surface area contributed by atoms with E-state index in [9.17, 15) is 4.79 Å². The molecule has 1 aromatic carbocycles. The molecule has 0 N–H and O–H groups in total. The van der Waals surface area contributed by atoms with Crippen LogP contribution in [0.4, 0.5) is 5.69 Å². The van der Waals surface area contributed by atoms with Gasteiger partial charge >= 0.3 is 0 Å². The summed E-state index contributed by atoms with van der Waals surface area (Å²) in [5.74, 6) is 1.20. The number of likely N-dealkylation sites (N-methyl/N-ethyl adjacent to an activating group) is 1. The van der Waals surface area contributed by atoms with E-state index >= 15 is 0 Å². The number of hydrogen-bond donors (Lipinski definition) is 0. The lowest BCUT2D eigenvalue weighted by atomic mass is 10.0. The first kappa shape index (κ1) is 18.0. The first-order valence-corrected chi connectivity index (χ1v) is 9.76. The molecule has 2 fully saturated rings. The average molecular weight is 369 g/mol. The fraction of sp³-hybridized carbons (Fsp3) is 0.550. The van der Waals surface area contributed by atoms with Crippen LogP contribution in [-0.4, -0.2) is 65.6 Å². The largest absolute Gasteiger partial charge is 0.369 e. The number of piperazine rings is 1. The second kappa shape index (κ2) is 7.68. The summed E-state index contributed by atoms with van der Waals surface area (Å²) >= 11 is 0. The molecule has 2 saturated heterocycles. The first-order valence-electron chi connectivity index (χ1n) is 9.76. The minimum absolute atomic E-state index is 0.0421. The average Bonchev–Trinajstić information content (AvgIpc) is 3.14. The fourth-order valence-corrected chi connectivity index (χ4v) is 3.93. The van der Waals surface area contributed by atoms with Gasteiger partial charge in [0, 0.05) is 44.0 Å². The molecule has 2 aliphatic rings. The molecular weight excluding hydrogens is 342 g/mol. The predicted octanol–water partition coefficient (Wildman–Crippen LogP) is 2.50. The second-order valence-corrected chi connectivity index (χ2v) is 7.53. The van der Waals surface area contributed by atoms with Crippen molar-refractivity contribution in [3.63, 3.8) is 0 Å². The van der Waals surface area contributed by atoms with Crippen molar-refractivity contribution in [2.24, 2.45) is 0 Å². The maximum Gasteiger partial charge on any atom is 0.254 e. The molecule has 0 saturated carbocycles.